The average Bonchev–Trinajstić information content (AvgIpc) is 3.03. The lowest BCUT2D eigenvalue weighted by atomic mass is 9.99. The number of methoxy groups -OCH3 is 1. The minimum Gasteiger partial charge on any atom is -0.493 e. The van der Waals surface area contributed by atoms with Crippen LogP contribution in [0.2, 0.25) is 0 Å². The molecule has 1 aliphatic rings. The van der Waals surface area contributed by atoms with Gasteiger partial charge in [-0.05, 0) is 69.5 Å². The topological polar surface area (TPSA) is 64.6 Å². The molecule has 30 heavy (non-hydrogen) atoms. The normalized spacial score (nSPS) is 15.5. The summed E-state index contributed by atoms with van der Waals surface area (Å²) >= 11 is 1.67. The first-order valence-electron chi connectivity index (χ1n) is 10.3. The van der Waals surface area contributed by atoms with E-state index in [-0.39, 0.29) is 0 Å². The van der Waals surface area contributed by atoms with Gasteiger partial charge in [0.05, 0.1) is 19.0 Å². The Morgan fingerprint density at radius 2 is 1.97 bits per heavy atom. The highest BCUT2D eigenvalue weighted by atomic mass is 32.1. The first-order valence-corrected chi connectivity index (χ1v) is 11.1. The SMILES string of the molecule is COc1cc(C=O)ccc1Oc1nc(CN2CCC(C)CC2)nc2sc(C)c(C)c12. The average molecular weight is 426 g/mol. The molecule has 7 heteroatoms. The quantitative estimate of drug-likeness (QED) is 0.509. The number of ether oxygens (including phenoxy) is 2. The third-order valence-electron chi connectivity index (χ3n) is 5.81. The minimum absolute atomic E-state index is 0.502. The number of aromatic nitrogens is 2. The van der Waals surface area contributed by atoms with Gasteiger partial charge in [0.25, 0.3) is 0 Å². The van der Waals surface area contributed by atoms with Gasteiger partial charge in [0, 0.05) is 10.4 Å². The number of aryl methyl sites for hydroxylation is 2. The van der Waals surface area contributed by atoms with Gasteiger partial charge < -0.3 is 9.47 Å². The molecule has 1 saturated heterocycles. The fraction of sp³-hybridized carbons (Fsp3) is 0.435. The van der Waals surface area contributed by atoms with Crippen molar-refractivity contribution in [2.45, 2.75) is 40.2 Å². The Kier molecular flexibility index (Phi) is 6.01. The van der Waals surface area contributed by atoms with Crippen LogP contribution in [0.1, 0.15) is 46.4 Å². The molecule has 1 fully saturated rings. The van der Waals surface area contributed by atoms with Crippen molar-refractivity contribution in [1.29, 1.82) is 0 Å². The van der Waals surface area contributed by atoms with Crippen molar-refractivity contribution in [3.8, 4) is 17.4 Å². The lowest BCUT2D eigenvalue weighted by Crippen LogP contribution is -2.32. The molecule has 3 heterocycles. The third kappa shape index (κ3) is 4.18. The molecule has 0 saturated carbocycles. The number of hydrogen-bond donors (Lipinski definition) is 0. The van der Waals surface area contributed by atoms with Gasteiger partial charge in [-0.2, -0.15) is 4.98 Å². The van der Waals surface area contributed by atoms with E-state index in [1.807, 2.05) is 0 Å². The molecule has 4 rings (SSSR count). The highest BCUT2D eigenvalue weighted by Crippen LogP contribution is 2.39. The third-order valence-corrected chi connectivity index (χ3v) is 6.91. The predicted molar refractivity (Wildman–Crippen MR) is 119 cm³/mol. The molecular formula is C23H27N3O3S. The van der Waals surface area contributed by atoms with E-state index >= 15 is 0 Å². The van der Waals surface area contributed by atoms with E-state index in [9.17, 15) is 4.79 Å². The van der Waals surface area contributed by atoms with Crippen LogP contribution in [0.3, 0.4) is 0 Å². The van der Waals surface area contributed by atoms with Crippen molar-refractivity contribution in [2.75, 3.05) is 20.2 Å². The van der Waals surface area contributed by atoms with Crippen LogP contribution in [0.15, 0.2) is 18.2 Å². The number of aldehydes is 1. The summed E-state index contributed by atoms with van der Waals surface area (Å²) in [4.78, 5) is 25.3. The molecule has 1 aliphatic heterocycles. The number of fused-ring (bicyclic) bond motifs is 1. The lowest BCUT2D eigenvalue weighted by molar-refractivity contribution is 0.112. The zero-order chi connectivity index (χ0) is 21.3. The molecule has 158 valence electrons. The van der Waals surface area contributed by atoms with Crippen molar-refractivity contribution in [3.05, 3.63) is 40.0 Å². The van der Waals surface area contributed by atoms with Crippen molar-refractivity contribution in [1.82, 2.24) is 14.9 Å². The van der Waals surface area contributed by atoms with E-state index in [2.05, 4.69) is 25.7 Å². The second kappa shape index (κ2) is 8.70. The smallest absolute Gasteiger partial charge is 0.231 e. The first kappa shape index (κ1) is 20.8. The van der Waals surface area contributed by atoms with Crippen LogP contribution in [0.4, 0.5) is 0 Å². The fourth-order valence-electron chi connectivity index (χ4n) is 3.77. The van der Waals surface area contributed by atoms with Crippen molar-refractivity contribution < 1.29 is 14.3 Å². The number of carbonyl (C=O) groups excluding carboxylic acids is 1. The number of nitrogens with zero attached hydrogens (tertiary/aromatic N) is 3. The van der Waals surface area contributed by atoms with E-state index in [1.165, 1.54) is 17.7 Å². The van der Waals surface area contributed by atoms with E-state index in [4.69, 9.17) is 19.4 Å². The molecule has 0 bridgehead atoms. The molecule has 6 nitrogen and oxygen atoms in total. The Morgan fingerprint density at radius 1 is 1.20 bits per heavy atom. The number of rotatable bonds is 6. The molecule has 2 aromatic heterocycles. The summed E-state index contributed by atoms with van der Waals surface area (Å²) in [6, 6.07) is 5.13. The fourth-order valence-corrected chi connectivity index (χ4v) is 4.80. The summed E-state index contributed by atoms with van der Waals surface area (Å²) in [5, 5.41) is 0.940. The van der Waals surface area contributed by atoms with Gasteiger partial charge in [-0.25, -0.2) is 4.98 Å². The van der Waals surface area contributed by atoms with Crippen LogP contribution in [0.25, 0.3) is 10.2 Å². The van der Waals surface area contributed by atoms with Crippen molar-refractivity contribution in [3.63, 3.8) is 0 Å². The van der Waals surface area contributed by atoms with Crippen LogP contribution in [-0.2, 0) is 6.54 Å². The lowest BCUT2D eigenvalue weighted by Gasteiger charge is -2.29. The standard InChI is InChI=1S/C23H27N3O3S/c1-14-7-9-26(10-8-14)12-20-24-22(21-15(2)16(3)30-23(21)25-20)29-18-6-5-17(13-27)11-19(18)28-4/h5-6,11,13-14H,7-10,12H2,1-4H3. The van der Waals surface area contributed by atoms with Gasteiger partial charge in [-0.3, -0.25) is 9.69 Å². The van der Waals surface area contributed by atoms with Crippen molar-refractivity contribution >= 4 is 27.8 Å². The van der Waals surface area contributed by atoms with Crippen LogP contribution in [-0.4, -0.2) is 41.4 Å². The Balaban J connectivity index is 1.71. The molecule has 0 N–H and O–H groups in total. The molecule has 0 radical (unpaired) electrons. The first-order chi connectivity index (χ1) is 14.5. The maximum Gasteiger partial charge on any atom is 0.231 e. The van der Waals surface area contributed by atoms with E-state index in [0.29, 0.717) is 22.9 Å². The molecule has 0 aliphatic carbocycles. The van der Waals surface area contributed by atoms with Crippen LogP contribution in [0, 0.1) is 19.8 Å². The van der Waals surface area contributed by atoms with E-state index < -0.39 is 0 Å². The highest BCUT2D eigenvalue weighted by molar-refractivity contribution is 7.18. The van der Waals surface area contributed by atoms with Gasteiger partial charge >= 0.3 is 0 Å². The molecule has 0 spiro atoms. The zero-order valence-electron chi connectivity index (χ0n) is 17.9. The Hall–Kier alpha value is -2.51. The van der Waals surface area contributed by atoms with E-state index in [1.54, 1.807) is 36.6 Å². The maximum atomic E-state index is 11.1. The number of piperidine rings is 1. The Bertz CT molecular complexity index is 1070. The molecule has 3 aromatic rings. The van der Waals surface area contributed by atoms with Crippen LogP contribution >= 0.6 is 11.3 Å². The number of likely N-dealkylation sites (tertiary alicyclic amines) is 1. The summed E-state index contributed by atoms with van der Waals surface area (Å²) in [5.74, 6) is 3.13. The number of hydrogen-bond acceptors (Lipinski definition) is 7. The molecular weight excluding hydrogens is 398 g/mol. The second-order valence-corrected chi connectivity index (χ2v) is 9.20. The Morgan fingerprint density at radius 3 is 2.67 bits per heavy atom. The van der Waals surface area contributed by atoms with E-state index in [0.717, 1.165) is 53.4 Å². The summed E-state index contributed by atoms with van der Waals surface area (Å²) in [6.45, 7) is 9.34. The molecule has 0 amide bonds. The van der Waals surface area contributed by atoms with Gasteiger partial charge in [-0.15, -0.1) is 11.3 Å². The molecule has 1 aromatic carbocycles. The van der Waals surface area contributed by atoms with Gasteiger partial charge in [0.1, 0.15) is 16.9 Å². The minimum atomic E-state index is 0.502. The Labute approximate surface area is 180 Å². The van der Waals surface area contributed by atoms with Crippen LogP contribution in [0.5, 0.6) is 17.4 Å². The summed E-state index contributed by atoms with van der Waals surface area (Å²) in [6.07, 6.45) is 3.21. The maximum absolute atomic E-state index is 11.1. The molecule has 0 atom stereocenters. The summed E-state index contributed by atoms with van der Waals surface area (Å²) < 4.78 is 11.7. The summed E-state index contributed by atoms with van der Waals surface area (Å²) in [7, 11) is 1.56. The molecule has 0 unspecified atom stereocenters. The number of benzene rings is 1. The van der Waals surface area contributed by atoms with Gasteiger partial charge in [-0.1, -0.05) is 6.92 Å². The van der Waals surface area contributed by atoms with Crippen LogP contribution < -0.4 is 9.47 Å². The predicted octanol–water partition coefficient (Wildman–Crippen LogP) is 5.15. The number of carbonyl (C=O) groups is 1. The summed E-state index contributed by atoms with van der Waals surface area (Å²) in [5.41, 5.74) is 1.67. The van der Waals surface area contributed by atoms with Crippen molar-refractivity contribution in [2.24, 2.45) is 5.92 Å². The van der Waals surface area contributed by atoms with Gasteiger partial charge in [0.2, 0.25) is 5.88 Å². The van der Waals surface area contributed by atoms with Gasteiger partial charge in [0.15, 0.2) is 11.5 Å². The number of thiophene rings is 1. The monoisotopic (exact) mass is 425 g/mol. The zero-order valence-corrected chi connectivity index (χ0v) is 18.7. The highest BCUT2D eigenvalue weighted by Gasteiger charge is 2.21. The largest absolute Gasteiger partial charge is 0.493 e. The second-order valence-electron chi connectivity index (χ2n) is 8.00.